The van der Waals surface area contributed by atoms with Gasteiger partial charge < -0.3 is 39.6 Å². The zero-order valence-electron chi connectivity index (χ0n) is 26.1. The molecule has 0 bridgehead atoms. The van der Waals surface area contributed by atoms with Gasteiger partial charge in [0, 0.05) is 6.04 Å². The molecular formula is C38H45NO7. The van der Waals surface area contributed by atoms with Crippen LogP contribution in [0.4, 0.5) is 0 Å². The fourth-order valence-electron chi connectivity index (χ4n) is 5.94. The van der Waals surface area contributed by atoms with Crippen molar-refractivity contribution in [2.45, 2.75) is 68.8 Å². The summed E-state index contributed by atoms with van der Waals surface area (Å²) in [5, 5.41) is 35.9. The van der Waals surface area contributed by atoms with Gasteiger partial charge in [-0.15, -0.1) is 0 Å². The third kappa shape index (κ3) is 9.54. The van der Waals surface area contributed by atoms with E-state index in [0.717, 1.165) is 22.3 Å². The molecule has 244 valence electrons. The first-order valence-corrected chi connectivity index (χ1v) is 15.9. The van der Waals surface area contributed by atoms with Crippen molar-refractivity contribution in [1.82, 2.24) is 5.32 Å². The molecule has 5 rings (SSSR count). The van der Waals surface area contributed by atoms with Gasteiger partial charge in [0.2, 0.25) is 0 Å². The molecule has 2 unspecified atom stereocenters. The molecule has 46 heavy (non-hydrogen) atoms. The van der Waals surface area contributed by atoms with Crippen LogP contribution in [0.25, 0.3) is 0 Å². The second-order valence-electron chi connectivity index (χ2n) is 11.9. The molecule has 0 radical (unpaired) electrons. The first-order valence-electron chi connectivity index (χ1n) is 15.9. The van der Waals surface area contributed by atoms with E-state index in [-0.39, 0.29) is 39.5 Å². The zero-order chi connectivity index (χ0) is 32.0. The molecule has 4 aromatic carbocycles. The minimum atomic E-state index is -1.51. The lowest BCUT2D eigenvalue weighted by atomic mass is 9.75. The quantitative estimate of drug-likeness (QED) is 0.136. The van der Waals surface area contributed by atoms with Crippen molar-refractivity contribution >= 4 is 0 Å². The number of hydrogen-bond acceptors (Lipinski definition) is 8. The van der Waals surface area contributed by atoms with Crippen molar-refractivity contribution in [3.8, 4) is 0 Å². The van der Waals surface area contributed by atoms with Crippen molar-refractivity contribution in [2.24, 2.45) is 0 Å². The van der Waals surface area contributed by atoms with Crippen LogP contribution in [0.5, 0.6) is 0 Å². The lowest BCUT2D eigenvalue weighted by Gasteiger charge is -2.51. The van der Waals surface area contributed by atoms with Crippen molar-refractivity contribution in [1.29, 1.82) is 0 Å². The Kier molecular flexibility index (Phi) is 12.9. The molecule has 1 saturated carbocycles. The van der Waals surface area contributed by atoms with Crippen LogP contribution in [0.15, 0.2) is 121 Å². The fraction of sp³-hybridized carbons (Fsp3) is 0.368. The molecular weight excluding hydrogens is 582 g/mol. The van der Waals surface area contributed by atoms with Crippen LogP contribution in [0, 0.1) is 0 Å². The van der Waals surface area contributed by atoms with Gasteiger partial charge in [-0.1, -0.05) is 121 Å². The monoisotopic (exact) mass is 627 g/mol. The summed E-state index contributed by atoms with van der Waals surface area (Å²) in [6, 6.07) is 38.2. The predicted octanol–water partition coefficient (Wildman–Crippen LogP) is 4.41. The molecule has 4 aromatic rings. The van der Waals surface area contributed by atoms with Crippen molar-refractivity contribution in [3.63, 3.8) is 0 Å². The third-order valence-corrected chi connectivity index (χ3v) is 8.32. The summed E-state index contributed by atoms with van der Waals surface area (Å²) in [4.78, 5) is 0. The highest BCUT2D eigenvalue weighted by atomic mass is 16.6. The normalized spacial score (nSPS) is 23.0. The van der Waals surface area contributed by atoms with Gasteiger partial charge in [0.15, 0.2) is 0 Å². The van der Waals surface area contributed by atoms with Gasteiger partial charge in [0.1, 0.15) is 23.9 Å². The molecule has 0 aliphatic heterocycles. The first-order chi connectivity index (χ1) is 22.6. The molecule has 1 aliphatic carbocycles. The van der Waals surface area contributed by atoms with Crippen LogP contribution in [0.2, 0.25) is 0 Å². The van der Waals surface area contributed by atoms with Gasteiger partial charge in [0.05, 0.1) is 52.3 Å². The second kappa shape index (κ2) is 17.5. The first kappa shape index (κ1) is 33.9. The Balaban J connectivity index is 1.48. The second-order valence-corrected chi connectivity index (χ2v) is 11.9. The summed E-state index contributed by atoms with van der Waals surface area (Å²) in [6.45, 7) is 0.517. The Bertz CT molecular complexity index is 1390. The van der Waals surface area contributed by atoms with Crippen LogP contribution in [-0.2, 0) is 45.4 Å². The molecule has 8 nitrogen and oxygen atoms in total. The average molecular weight is 628 g/mol. The molecule has 0 amide bonds. The van der Waals surface area contributed by atoms with Crippen LogP contribution >= 0.6 is 0 Å². The highest BCUT2D eigenvalue weighted by molar-refractivity contribution is 5.18. The number of aliphatic hydroxyl groups is 3. The van der Waals surface area contributed by atoms with E-state index >= 15 is 0 Å². The summed E-state index contributed by atoms with van der Waals surface area (Å²) in [6.07, 6.45) is -2.03. The van der Waals surface area contributed by atoms with Gasteiger partial charge in [-0.2, -0.15) is 0 Å². The van der Waals surface area contributed by atoms with E-state index < -0.39 is 36.0 Å². The molecule has 4 N–H and O–H groups in total. The van der Waals surface area contributed by atoms with Crippen LogP contribution in [0.3, 0.4) is 0 Å². The van der Waals surface area contributed by atoms with Gasteiger partial charge >= 0.3 is 0 Å². The Morgan fingerprint density at radius 1 is 0.587 bits per heavy atom. The maximum Gasteiger partial charge on any atom is 0.118 e. The van der Waals surface area contributed by atoms with Gasteiger partial charge in [-0.25, -0.2) is 0 Å². The molecule has 0 heterocycles. The van der Waals surface area contributed by atoms with Crippen LogP contribution in [-0.4, -0.2) is 71.1 Å². The molecule has 0 aromatic heterocycles. The van der Waals surface area contributed by atoms with E-state index in [4.69, 9.17) is 18.9 Å². The number of aliphatic hydroxyl groups excluding tert-OH is 2. The van der Waals surface area contributed by atoms with Crippen LogP contribution in [0.1, 0.15) is 28.7 Å². The molecule has 1 aliphatic rings. The number of hydrogen-bond donors (Lipinski definition) is 4. The SMILES string of the molecule is OCC(CO)NC1C[C@](O)(COCc2ccccc2)[C@@H](OCc2ccccc2)C(OCc2ccccc2)[C@H]1OCc1ccccc1. The smallest absolute Gasteiger partial charge is 0.118 e. The lowest BCUT2D eigenvalue weighted by molar-refractivity contribution is -0.256. The van der Waals surface area contributed by atoms with E-state index in [9.17, 15) is 15.3 Å². The number of ether oxygens (including phenoxy) is 4. The van der Waals surface area contributed by atoms with Gasteiger partial charge in [-0.3, -0.25) is 0 Å². The summed E-state index contributed by atoms with van der Waals surface area (Å²) in [5.41, 5.74) is 2.38. The number of nitrogens with one attached hydrogen (secondary N) is 1. The number of benzene rings is 4. The largest absolute Gasteiger partial charge is 0.395 e. The van der Waals surface area contributed by atoms with Crippen molar-refractivity contribution in [3.05, 3.63) is 144 Å². The zero-order valence-corrected chi connectivity index (χ0v) is 26.1. The standard InChI is InChI=1S/C38H45NO7/c40-22-33(23-41)39-34-21-38(42,28-43-24-29-13-5-1-6-14-29)37(46-27-32-19-11-4-12-20-32)36(45-26-31-17-9-3-10-18-31)35(34)44-25-30-15-7-2-8-16-30/h1-20,33-37,39-42H,21-28H2/t34?,35-,36?,37-,38-/m0/s1. The summed E-state index contributed by atoms with van der Waals surface area (Å²) >= 11 is 0. The summed E-state index contributed by atoms with van der Waals surface area (Å²) in [7, 11) is 0. The molecule has 0 saturated heterocycles. The molecule has 5 atom stereocenters. The van der Waals surface area contributed by atoms with Crippen molar-refractivity contribution < 1.29 is 34.3 Å². The number of rotatable bonds is 17. The maximum absolute atomic E-state index is 12.5. The summed E-state index contributed by atoms with van der Waals surface area (Å²) in [5.74, 6) is 0. The molecule has 0 spiro atoms. The third-order valence-electron chi connectivity index (χ3n) is 8.32. The molecule has 8 heteroatoms. The maximum atomic E-state index is 12.5. The minimum Gasteiger partial charge on any atom is -0.395 e. The van der Waals surface area contributed by atoms with E-state index in [0.29, 0.717) is 13.2 Å². The lowest BCUT2D eigenvalue weighted by Crippen LogP contribution is -2.70. The Hall–Kier alpha value is -3.44. The van der Waals surface area contributed by atoms with E-state index in [1.54, 1.807) is 0 Å². The fourth-order valence-corrected chi connectivity index (χ4v) is 5.94. The highest BCUT2D eigenvalue weighted by Crippen LogP contribution is 2.37. The Labute approximate surface area is 271 Å². The van der Waals surface area contributed by atoms with Crippen molar-refractivity contribution in [2.75, 3.05) is 19.8 Å². The Morgan fingerprint density at radius 2 is 1.00 bits per heavy atom. The summed E-state index contributed by atoms with van der Waals surface area (Å²) < 4.78 is 26.1. The van der Waals surface area contributed by atoms with E-state index in [1.165, 1.54) is 0 Å². The van der Waals surface area contributed by atoms with Gasteiger partial charge in [-0.05, 0) is 28.7 Å². The predicted molar refractivity (Wildman–Crippen MR) is 176 cm³/mol. The van der Waals surface area contributed by atoms with Gasteiger partial charge in [0.25, 0.3) is 0 Å². The Morgan fingerprint density at radius 3 is 1.46 bits per heavy atom. The van der Waals surface area contributed by atoms with E-state index in [2.05, 4.69) is 5.32 Å². The topological polar surface area (TPSA) is 110 Å². The minimum absolute atomic E-state index is 0.0287. The van der Waals surface area contributed by atoms with E-state index in [1.807, 2.05) is 121 Å². The van der Waals surface area contributed by atoms with Crippen LogP contribution < -0.4 is 5.32 Å². The highest BCUT2D eigenvalue weighted by Gasteiger charge is 2.55. The molecule has 1 fully saturated rings. The average Bonchev–Trinajstić information content (AvgIpc) is 3.10.